The molecule has 2 amide bonds. The number of nitriles is 1. The van der Waals surface area contributed by atoms with Crippen molar-refractivity contribution in [2.45, 2.75) is 25.1 Å². The molecule has 0 bridgehead atoms. The van der Waals surface area contributed by atoms with Crippen LogP contribution >= 0.6 is 24.0 Å². The van der Waals surface area contributed by atoms with Crippen molar-refractivity contribution >= 4 is 40.2 Å². The molecule has 1 aliphatic rings. The molecule has 0 aromatic heterocycles. The lowest BCUT2D eigenvalue weighted by Crippen LogP contribution is -2.38. The van der Waals surface area contributed by atoms with Crippen LogP contribution in [0.25, 0.3) is 0 Å². The Bertz CT molecular complexity index is 619. The number of thiocarbonyl (C=S) groups is 1. The molecule has 0 saturated carbocycles. The van der Waals surface area contributed by atoms with Crippen molar-refractivity contribution in [1.29, 1.82) is 5.26 Å². The minimum absolute atomic E-state index is 0.222. The second-order valence-electron chi connectivity index (χ2n) is 4.48. The fraction of sp³-hybridized carbons (Fsp3) is 0.333. The minimum Gasteiger partial charge on any atom is -0.479 e. The van der Waals surface area contributed by atoms with Crippen molar-refractivity contribution in [2.75, 3.05) is 6.61 Å². The van der Waals surface area contributed by atoms with Gasteiger partial charge in [-0.25, -0.2) is 0 Å². The Labute approximate surface area is 138 Å². The molecule has 5 nitrogen and oxygen atoms in total. The van der Waals surface area contributed by atoms with Crippen LogP contribution in [0.15, 0.2) is 24.3 Å². The molecule has 7 heteroatoms. The van der Waals surface area contributed by atoms with E-state index in [4.69, 9.17) is 22.2 Å². The summed E-state index contributed by atoms with van der Waals surface area (Å²) in [5.74, 6) is -0.703. The molecule has 0 N–H and O–H groups in total. The van der Waals surface area contributed by atoms with E-state index in [9.17, 15) is 9.59 Å². The topological polar surface area (TPSA) is 70.4 Å². The van der Waals surface area contributed by atoms with E-state index in [1.54, 1.807) is 31.2 Å². The van der Waals surface area contributed by atoms with E-state index in [-0.39, 0.29) is 22.6 Å². The minimum atomic E-state index is -0.536. The maximum Gasteiger partial charge on any atom is 0.262 e. The summed E-state index contributed by atoms with van der Waals surface area (Å²) in [5, 5.41) is 8.25. The standard InChI is InChI=1S/C15H14N2O3S2/c1-2-20-15(21)22-12(8-5-9-16)17-13(18)10-6-3-4-7-11(10)14(17)19/h3-4,6-7,12H,2,5,8H2,1H3. The predicted molar refractivity (Wildman–Crippen MR) is 87.4 cm³/mol. The lowest BCUT2D eigenvalue weighted by Gasteiger charge is -2.24. The SMILES string of the molecule is CCOC(=S)SC(CCC#N)N1C(=O)c2ccccc2C1=O. The van der Waals surface area contributed by atoms with Crippen LogP contribution < -0.4 is 0 Å². The number of carbonyl (C=O) groups is 2. The molecule has 1 aromatic carbocycles. The molecule has 0 aliphatic carbocycles. The first-order valence-corrected chi connectivity index (χ1v) is 8.06. The van der Waals surface area contributed by atoms with Gasteiger partial charge in [-0.1, -0.05) is 23.9 Å². The summed E-state index contributed by atoms with van der Waals surface area (Å²) in [5.41, 5.74) is 0.773. The van der Waals surface area contributed by atoms with Gasteiger partial charge in [0.05, 0.1) is 29.2 Å². The van der Waals surface area contributed by atoms with Crippen LogP contribution in [0.3, 0.4) is 0 Å². The summed E-state index contributed by atoms with van der Waals surface area (Å²) in [6.07, 6.45) is 0.569. The molecule has 0 saturated heterocycles. The number of nitrogens with zero attached hydrogens (tertiary/aromatic N) is 2. The van der Waals surface area contributed by atoms with Crippen LogP contribution in [0, 0.1) is 11.3 Å². The molecular weight excluding hydrogens is 320 g/mol. The van der Waals surface area contributed by atoms with Crippen molar-refractivity contribution < 1.29 is 14.3 Å². The van der Waals surface area contributed by atoms with E-state index < -0.39 is 5.37 Å². The van der Waals surface area contributed by atoms with E-state index in [0.29, 0.717) is 24.2 Å². The molecule has 1 aliphatic heterocycles. The molecular formula is C15H14N2O3S2. The van der Waals surface area contributed by atoms with Gasteiger partial charge in [0.15, 0.2) is 0 Å². The van der Waals surface area contributed by atoms with Gasteiger partial charge in [0.1, 0.15) is 0 Å². The van der Waals surface area contributed by atoms with Gasteiger partial charge in [-0.2, -0.15) is 5.26 Å². The third-order valence-electron chi connectivity index (χ3n) is 3.11. The van der Waals surface area contributed by atoms with Crippen molar-refractivity contribution in [2.24, 2.45) is 0 Å². The van der Waals surface area contributed by atoms with Crippen LogP contribution in [-0.4, -0.2) is 33.1 Å². The Kier molecular flexibility index (Phi) is 5.52. The zero-order chi connectivity index (χ0) is 16.1. The Morgan fingerprint density at radius 2 is 1.95 bits per heavy atom. The molecule has 2 rings (SSSR count). The zero-order valence-electron chi connectivity index (χ0n) is 11.9. The smallest absolute Gasteiger partial charge is 0.262 e. The molecule has 1 heterocycles. The Balaban J connectivity index is 2.25. The van der Waals surface area contributed by atoms with E-state index in [1.165, 1.54) is 4.90 Å². The normalized spacial score (nSPS) is 14.5. The molecule has 1 atom stereocenters. The molecule has 0 fully saturated rings. The molecule has 22 heavy (non-hydrogen) atoms. The average Bonchev–Trinajstić information content (AvgIpc) is 2.76. The van der Waals surface area contributed by atoms with Gasteiger partial charge in [0.25, 0.3) is 11.8 Å². The molecule has 0 spiro atoms. The summed E-state index contributed by atoms with van der Waals surface area (Å²) in [4.78, 5) is 26.1. The number of rotatable bonds is 5. The highest BCUT2D eigenvalue weighted by atomic mass is 32.2. The number of benzene rings is 1. The number of carbonyl (C=O) groups excluding carboxylic acids is 2. The highest BCUT2D eigenvalue weighted by Crippen LogP contribution is 2.31. The number of amides is 2. The lowest BCUT2D eigenvalue weighted by atomic mass is 10.1. The monoisotopic (exact) mass is 334 g/mol. The summed E-state index contributed by atoms with van der Waals surface area (Å²) in [6.45, 7) is 2.22. The van der Waals surface area contributed by atoms with Crippen LogP contribution in [-0.2, 0) is 4.74 Å². The fourth-order valence-corrected chi connectivity index (χ4v) is 3.55. The lowest BCUT2D eigenvalue weighted by molar-refractivity contribution is 0.0634. The van der Waals surface area contributed by atoms with Gasteiger partial charge in [0, 0.05) is 6.42 Å². The third kappa shape index (κ3) is 3.29. The zero-order valence-corrected chi connectivity index (χ0v) is 13.6. The summed E-state index contributed by atoms with van der Waals surface area (Å²) >= 11 is 6.21. The number of ether oxygens (including phenoxy) is 1. The Morgan fingerprint density at radius 3 is 2.45 bits per heavy atom. The van der Waals surface area contributed by atoms with Gasteiger partial charge in [0.2, 0.25) is 4.38 Å². The maximum atomic E-state index is 12.5. The van der Waals surface area contributed by atoms with Crippen molar-refractivity contribution in [3.8, 4) is 6.07 Å². The Morgan fingerprint density at radius 1 is 1.36 bits per heavy atom. The maximum absolute atomic E-state index is 12.5. The van der Waals surface area contributed by atoms with Crippen LogP contribution in [0.4, 0.5) is 0 Å². The quantitative estimate of drug-likeness (QED) is 0.609. The van der Waals surface area contributed by atoms with Gasteiger partial charge >= 0.3 is 0 Å². The average molecular weight is 334 g/mol. The van der Waals surface area contributed by atoms with Crippen molar-refractivity contribution in [3.63, 3.8) is 0 Å². The van der Waals surface area contributed by atoms with E-state index in [1.807, 2.05) is 6.07 Å². The van der Waals surface area contributed by atoms with Crippen molar-refractivity contribution in [1.82, 2.24) is 4.90 Å². The number of imide groups is 1. The predicted octanol–water partition coefficient (Wildman–Crippen LogP) is 2.97. The fourth-order valence-electron chi connectivity index (χ4n) is 2.16. The molecule has 0 radical (unpaired) electrons. The number of thioether (sulfide) groups is 1. The Hall–Kier alpha value is -1.91. The van der Waals surface area contributed by atoms with E-state index in [0.717, 1.165) is 11.8 Å². The second-order valence-corrected chi connectivity index (χ2v) is 6.26. The van der Waals surface area contributed by atoms with Gasteiger partial charge in [-0.3, -0.25) is 14.5 Å². The second kappa shape index (κ2) is 7.38. The number of hydrogen-bond donors (Lipinski definition) is 0. The molecule has 1 unspecified atom stereocenters. The van der Waals surface area contributed by atoms with Gasteiger partial charge in [-0.05, 0) is 37.7 Å². The van der Waals surface area contributed by atoms with Crippen LogP contribution in [0.5, 0.6) is 0 Å². The van der Waals surface area contributed by atoms with Gasteiger partial charge in [-0.15, -0.1) is 0 Å². The third-order valence-corrected chi connectivity index (χ3v) is 4.55. The first-order chi connectivity index (χ1) is 10.6. The first-order valence-electron chi connectivity index (χ1n) is 6.77. The highest BCUT2D eigenvalue weighted by Gasteiger charge is 2.40. The molecule has 114 valence electrons. The van der Waals surface area contributed by atoms with Crippen LogP contribution in [0.1, 0.15) is 40.5 Å². The van der Waals surface area contributed by atoms with E-state index in [2.05, 4.69) is 0 Å². The van der Waals surface area contributed by atoms with Gasteiger partial charge < -0.3 is 4.74 Å². The molecule has 1 aromatic rings. The summed E-state index contributed by atoms with van der Waals surface area (Å²) in [6, 6.07) is 8.72. The largest absolute Gasteiger partial charge is 0.479 e. The van der Waals surface area contributed by atoms with Crippen LogP contribution in [0.2, 0.25) is 0 Å². The van der Waals surface area contributed by atoms with E-state index >= 15 is 0 Å². The highest BCUT2D eigenvalue weighted by molar-refractivity contribution is 8.23. The summed E-state index contributed by atoms with van der Waals surface area (Å²) < 4.78 is 5.49. The summed E-state index contributed by atoms with van der Waals surface area (Å²) in [7, 11) is 0. The van der Waals surface area contributed by atoms with Crippen molar-refractivity contribution in [3.05, 3.63) is 35.4 Å². The number of fused-ring (bicyclic) bond motifs is 1. The first kappa shape index (κ1) is 16.5. The number of hydrogen-bond acceptors (Lipinski definition) is 6.